The maximum atomic E-state index is 11.3. The lowest BCUT2D eigenvalue weighted by Gasteiger charge is -2.39. The number of aryl methyl sites for hydroxylation is 1. The van der Waals surface area contributed by atoms with Gasteiger partial charge in [0.25, 0.3) is 0 Å². The van der Waals surface area contributed by atoms with E-state index in [4.69, 9.17) is 21.6 Å². The molecule has 0 aliphatic carbocycles. The molecule has 0 saturated carbocycles. The van der Waals surface area contributed by atoms with Crippen molar-refractivity contribution in [3.63, 3.8) is 0 Å². The number of halogens is 1. The van der Waals surface area contributed by atoms with E-state index in [1.165, 1.54) is 0 Å². The van der Waals surface area contributed by atoms with Crippen molar-refractivity contribution in [2.24, 2.45) is 0 Å². The van der Waals surface area contributed by atoms with E-state index in [0.29, 0.717) is 31.0 Å². The van der Waals surface area contributed by atoms with E-state index in [2.05, 4.69) is 16.9 Å². The van der Waals surface area contributed by atoms with Gasteiger partial charge in [0.15, 0.2) is 5.65 Å². The van der Waals surface area contributed by atoms with Crippen LogP contribution >= 0.6 is 11.6 Å². The fraction of sp³-hybridized carbons (Fsp3) is 0.320. The monoisotopic (exact) mass is 447 g/mol. The molecule has 5 rings (SSSR count). The highest BCUT2D eigenvalue weighted by atomic mass is 35.5. The van der Waals surface area contributed by atoms with Gasteiger partial charge in [0, 0.05) is 24.5 Å². The summed E-state index contributed by atoms with van der Waals surface area (Å²) in [5, 5.41) is 17.5. The van der Waals surface area contributed by atoms with Gasteiger partial charge in [-0.25, -0.2) is 14.6 Å². The lowest BCUT2D eigenvalue weighted by molar-refractivity contribution is 0.0117. The van der Waals surface area contributed by atoms with Gasteiger partial charge in [-0.15, -0.1) is 0 Å². The van der Waals surface area contributed by atoms with E-state index in [1.807, 2.05) is 65.5 Å². The molecule has 0 bridgehead atoms. The van der Waals surface area contributed by atoms with Gasteiger partial charge < -0.3 is 10.0 Å². The fourth-order valence-corrected chi connectivity index (χ4v) is 4.53. The van der Waals surface area contributed by atoms with E-state index in [9.17, 15) is 5.11 Å². The molecule has 164 valence electrons. The zero-order chi connectivity index (χ0) is 22.1. The molecule has 0 atom stereocenters. The van der Waals surface area contributed by atoms with Gasteiger partial charge in [0.05, 0.1) is 22.9 Å². The van der Waals surface area contributed by atoms with Gasteiger partial charge in [0.2, 0.25) is 0 Å². The predicted octanol–water partition coefficient (Wildman–Crippen LogP) is 4.91. The van der Waals surface area contributed by atoms with Crippen molar-refractivity contribution in [2.75, 3.05) is 18.0 Å². The maximum absolute atomic E-state index is 11.3. The number of hydrogen-bond acceptors (Lipinski definition) is 5. The Balaban J connectivity index is 1.49. The van der Waals surface area contributed by atoms with Gasteiger partial charge in [-0.1, -0.05) is 48.9 Å². The molecule has 1 aliphatic rings. The first kappa shape index (κ1) is 20.9. The summed E-state index contributed by atoms with van der Waals surface area (Å²) in [6.45, 7) is 3.54. The zero-order valence-corrected chi connectivity index (χ0v) is 18.8. The summed E-state index contributed by atoms with van der Waals surface area (Å²) in [4.78, 5) is 12.0. The van der Waals surface area contributed by atoms with Crippen LogP contribution in [0.1, 0.15) is 37.6 Å². The highest BCUT2D eigenvalue weighted by Crippen LogP contribution is 2.36. The van der Waals surface area contributed by atoms with Crippen LogP contribution in [0.5, 0.6) is 0 Å². The normalized spacial score (nSPS) is 15.9. The van der Waals surface area contributed by atoms with Crippen molar-refractivity contribution >= 4 is 28.5 Å². The molecule has 1 N–H and O–H groups in total. The minimum Gasteiger partial charge on any atom is -0.385 e. The molecule has 1 fully saturated rings. The van der Waals surface area contributed by atoms with Gasteiger partial charge in [-0.3, -0.25) is 0 Å². The Morgan fingerprint density at radius 2 is 1.72 bits per heavy atom. The van der Waals surface area contributed by atoms with E-state index in [-0.39, 0.29) is 0 Å². The molecule has 6 nitrogen and oxygen atoms in total. The Labute approximate surface area is 192 Å². The minimum atomic E-state index is -0.853. The molecule has 0 spiro atoms. The number of para-hydroxylation sites is 1. The number of aliphatic hydroxyl groups is 1. The molecule has 0 amide bonds. The summed E-state index contributed by atoms with van der Waals surface area (Å²) in [5.41, 5.74) is 1.86. The summed E-state index contributed by atoms with van der Waals surface area (Å²) in [6.07, 6.45) is 4.88. The molecule has 7 heteroatoms. The van der Waals surface area contributed by atoms with Crippen LogP contribution in [0.4, 0.5) is 5.82 Å². The third-order valence-corrected chi connectivity index (χ3v) is 6.45. The summed E-state index contributed by atoms with van der Waals surface area (Å²) in [6, 6.07) is 17.6. The van der Waals surface area contributed by atoms with Crippen LogP contribution in [0.2, 0.25) is 5.02 Å². The van der Waals surface area contributed by atoms with Gasteiger partial charge in [0.1, 0.15) is 11.6 Å². The van der Waals surface area contributed by atoms with Crippen LogP contribution in [-0.4, -0.2) is 37.9 Å². The number of hydrogen-bond donors (Lipinski definition) is 1. The number of nitrogens with zero attached hydrogens (tertiary/aromatic N) is 5. The van der Waals surface area contributed by atoms with Crippen molar-refractivity contribution in [2.45, 2.75) is 38.2 Å². The molecule has 0 radical (unpaired) electrons. The molecule has 1 aliphatic heterocycles. The molecule has 1 saturated heterocycles. The van der Waals surface area contributed by atoms with Crippen LogP contribution in [0.15, 0.2) is 60.8 Å². The molecule has 32 heavy (non-hydrogen) atoms. The average Bonchev–Trinajstić information content (AvgIpc) is 3.24. The Kier molecular flexibility index (Phi) is 5.57. The van der Waals surface area contributed by atoms with E-state index in [0.717, 1.165) is 46.8 Å². The quantitative estimate of drug-likeness (QED) is 0.471. The van der Waals surface area contributed by atoms with Crippen molar-refractivity contribution in [3.8, 4) is 5.69 Å². The number of fused-ring (bicyclic) bond motifs is 1. The Morgan fingerprint density at radius 1 is 1.00 bits per heavy atom. The summed E-state index contributed by atoms with van der Waals surface area (Å²) in [5.74, 6) is 1.73. The first-order chi connectivity index (χ1) is 15.6. The third kappa shape index (κ3) is 3.85. The summed E-state index contributed by atoms with van der Waals surface area (Å²) < 4.78 is 1.88. The van der Waals surface area contributed by atoms with Crippen molar-refractivity contribution in [1.82, 2.24) is 19.7 Å². The SMILES string of the molecule is CCCc1nc(N2CCC(O)(c3ccc(Cl)cc3)CC2)c2cnn(-c3ccccc3)c2n1. The van der Waals surface area contributed by atoms with Crippen LogP contribution in [-0.2, 0) is 12.0 Å². The predicted molar refractivity (Wildman–Crippen MR) is 127 cm³/mol. The molecule has 2 aromatic heterocycles. The van der Waals surface area contributed by atoms with Crippen LogP contribution in [0.25, 0.3) is 16.7 Å². The zero-order valence-electron chi connectivity index (χ0n) is 18.1. The van der Waals surface area contributed by atoms with Crippen LogP contribution in [0, 0.1) is 0 Å². The third-order valence-electron chi connectivity index (χ3n) is 6.20. The Bertz CT molecular complexity index is 1210. The Morgan fingerprint density at radius 3 is 2.41 bits per heavy atom. The maximum Gasteiger partial charge on any atom is 0.168 e. The van der Waals surface area contributed by atoms with Crippen molar-refractivity contribution in [3.05, 3.63) is 77.2 Å². The number of benzene rings is 2. The van der Waals surface area contributed by atoms with Gasteiger partial charge >= 0.3 is 0 Å². The van der Waals surface area contributed by atoms with E-state index in [1.54, 1.807) is 0 Å². The molecular formula is C25H26ClN5O. The standard InChI is InChI=1S/C25H26ClN5O/c1-2-6-22-28-23(21-17-27-31(24(21)29-22)20-7-4-3-5-8-20)30-15-13-25(32,14-16-30)18-9-11-19(26)12-10-18/h3-5,7-12,17,32H,2,6,13-16H2,1H3. The largest absolute Gasteiger partial charge is 0.385 e. The van der Waals surface area contributed by atoms with Gasteiger partial charge in [-0.2, -0.15) is 5.10 Å². The molecule has 4 aromatic rings. The first-order valence-corrected chi connectivity index (χ1v) is 11.5. The second-order valence-electron chi connectivity index (χ2n) is 8.37. The fourth-order valence-electron chi connectivity index (χ4n) is 4.41. The van der Waals surface area contributed by atoms with Gasteiger partial charge in [-0.05, 0) is 49.1 Å². The van der Waals surface area contributed by atoms with Crippen molar-refractivity contribution in [1.29, 1.82) is 0 Å². The van der Waals surface area contributed by atoms with E-state index >= 15 is 0 Å². The van der Waals surface area contributed by atoms with Crippen LogP contribution < -0.4 is 4.90 Å². The number of piperidine rings is 1. The number of aromatic nitrogens is 4. The smallest absolute Gasteiger partial charge is 0.168 e. The highest BCUT2D eigenvalue weighted by molar-refractivity contribution is 6.30. The average molecular weight is 448 g/mol. The Hall–Kier alpha value is -2.96. The first-order valence-electron chi connectivity index (χ1n) is 11.1. The number of anilines is 1. The second-order valence-corrected chi connectivity index (χ2v) is 8.80. The highest BCUT2D eigenvalue weighted by Gasteiger charge is 2.35. The summed E-state index contributed by atoms with van der Waals surface area (Å²) in [7, 11) is 0. The lowest BCUT2D eigenvalue weighted by Crippen LogP contribution is -2.43. The molecule has 3 heterocycles. The molecular weight excluding hydrogens is 422 g/mol. The van der Waals surface area contributed by atoms with Crippen molar-refractivity contribution < 1.29 is 5.11 Å². The molecule has 0 unspecified atom stereocenters. The number of rotatable bonds is 5. The lowest BCUT2D eigenvalue weighted by atomic mass is 9.84. The van der Waals surface area contributed by atoms with E-state index < -0.39 is 5.60 Å². The molecule has 2 aromatic carbocycles. The topological polar surface area (TPSA) is 67.1 Å². The second kappa shape index (κ2) is 8.52. The minimum absolute atomic E-state index is 0.621. The summed E-state index contributed by atoms with van der Waals surface area (Å²) >= 11 is 6.03. The van der Waals surface area contributed by atoms with Crippen LogP contribution in [0.3, 0.4) is 0 Å².